The molecule has 1 heterocycles. The van der Waals surface area contributed by atoms with Crippen molar-refractivity contribution < 1.29 is 19.5 Å². The highest BCUT2D eigenvalue weighted by Gasteiger charge is 2.19. The molecule has 0 saturated carbocycles. The molecule has 0 bridgehead atoms. The van der Waals surface area contributed by atoms with E-state index in [0.717, 1.165) is 11.3 Å². The van der Waals surface area contributed by atoms with E-state index in [4.69, 9.17) is 5.11 Å². The average Bonchev–Trinajstić information content (AvgIpc) is 2.77. The zero-order valence-corrected chi connectivity index (χ0v) is 10.00. The summed E-state index contributed by atoms with van der Waals surface area (Å²) in [4.78, 5) is 36.9. The number of hydrogen-bond acceptors (Lipinski definition) is 5. The number of carbonyl (C=O) groups is 3. The molecule has 17 heavy (non-hydrogen) atoms. The summed E-state index contributed by atoms with van der Waals surface area (Å²) in [6, 6.07) is -0.704. The number of aromatic carboxylic acids is 1. The Morgan fingerprint density at radius 1 is 1.47 bits per heavy atom. The summed E-state index contributed by atoms with van der Waals surface area (Å²) in [6.45, 7) is 1.52. The Morgan fingerprint density at radius 3 is 2.59 bits per heavy atom. The largest absolute Gasteiger partial charge is 0.476 e. The lowest BCUT2D eigenvalue weighted by Crippen LogP contribution is -2.43. The molecule has 0 fully saturated rings. The Bertz CT molecular complexity index is 457. The van der Waals surface area contributed by atoms with Gasteiger partial charge in [0.25, 0.3) is 5.91 Å². The molecule has 1 unspecified atom stereocenters. The summed E-state index contributed by atoms with van der Waals surface area (Å²) in [5, 5.41) is 14.7. The highest BCUT2D eigenvalue weighted by atomic mass is 32.1. The molecule has 1 aromatic rings. The van der Waals surface area contributed by atoms with Gasteiger partial charge in [0, 0.05) is 12.4 Å². The number of amides is 2. The summed E-state index contributed by atoms with van der Waals surface area (Å²) < 4.78 is 0. The van der Waals surface area contributed by atoms with Gasteiger partial charge in [0.2, 0.25) is 5.91 Å². The summed E-state index contributed by atoms with van der Waals surface area (Å²) in [7, 11) is 1.46. The van der Waals surface area contributed by atoms with Gasteiger partial charge in [-0.1, -0.05) is 0 Å². The maximum atomic E-state index is 11.6. The van der Waals surface area contributed by atoms with Gasteiger partial charge in [0.05, 0.1) is 0 Å². The zero-order chi connectivity index (χ0) is 13.0. The average molecular weight is 257 g/mol. The van der Waals surface area contributed by atoms with Gasteiger partial charge in [-0.25, -0.2) is 9.78 Å². The van der Waals surface area contributed by atoms with E-state index in [-0.39, 0.29) is 16.6 Å². The van der Waals surface area contributed by atoms with Gasteiger partial charge in [-0.05, 0) is 6.92 Å². The molecular formula is C9H11N3O4S. The molecule has 0 aliphatic rings. The molecule has 0 aliphatic heterocycles. The normalized spacial score (nSPS) is 11.6. The van der Waals surface area contributed by atoms with Crippen LogP contribution in [-0.2, 0) is 4.79 Å². The van der Waals surface area contributed by atoms with Gasteiger partial charge in [-0.2, -0.15) is 0 Å². The number of nitrogens with zero attached hydrogens (tertiary/aromatic N) is 1. The van der Waals surface area contributed by atoms with Crippen molar-refractivity contribution in [2.45, 2.75) is 13.0 Å². The minimum absolute atomic E-state index is 0.0122. The molecule has 1 aromatic heterocycles. The molecule has 1 atom stereocenters. The second kappa shape index (κ2) is 5.39. The number of hydrogen-bond donors (Lipinski definition) is 3. The second-order valence-electron chi connectivity index (χ2n) is 3.15. The Kier molecular flexibility index (Phi) is 4.16. The first-order valence-corrected chi connectivity index (χ1v) is 5.55. The van der Waals surface area contributed by atoms with Gasteiger partial charge >= 0.3 is 5.97 Å². The molecule has 3 N–H and O–H groups in total. The fraction of sp³-hybridized carbons (Fsp3) is 0.333. The van der Waals surface area contributed by atoms with Crippen molar-refractivity contribution >= 4 is 29.1 Å². The summed E-state index contributed by atoms with van der Waals surface area (Å²) in [5.74, 6) is -2.10. The smallest absolute Gasteiger partial charge is 0.355 e. The van der Waals surface area contributed by atoms with E-state index in [9.17, 15) is 14.4 Å². The van der Waals surface area contributed by atoms with E-state index in [2.05, 4.69) is 15.6 Å². The molecule has 2 amide bonds. The van der Waals surface area contributed by atoms with Crippen LogP contribution in [0, 0.1) is 0 Å². The Labute approximate surface area is 101 Å². The predicted molar refractivity (Wildman–Crippen MR) is 60.1 cm³/mol. The summed E-state index contributed by atoms with van der Waals surface area (Å²) in [5.41, 5.74) is -0.187. The van der Waals surface area contributed by atoms with Crippen LogP contribution in [0.4, 0.5) is 0 Å². The number of carboxylic acids is 1. The van der Waals surface area contributed by atoms with Gasteiger partial charge in [0.15, 0.2) is 10.7 Å². The number of nitrogens with one attached hydrogen (secondary N) is 2. The number of thiazole rings is 1. The third-order valence-corrected chi connectivity index (χ3v) is 2.75. The molecule has 0 spiro atoms. The van der Waals surface area contributed by atoms with Crippen molar-refractivity contribution in [1.29, 1.82) is 0 Å². The van der Waals surface area contributed by atoms with Crippen molar-refractivity contribution in [2.24, 2.45) is 0 Å². The van der Waals surface area contributed by atoms with E-state index in [1.165, 1.54) is 19.4 Å². The number of likely N-dealkylation sites (N-methyl/N-ethyl adjacent to an activating group) is 1. The highest BCUT2D eigenvalue weighted by Crippen LogP contribution is 2.09. The van der Waals surface area contributed by atoms with Crippen LogP contribution in [0.2, 0.25) is 0 Å². The third kappa shape index (κ3) is 3.25. The SMILES string of the molecule is CNC(=O)C(C)NC(=O)c1nc(C(=O)O)cs1. The second-order valence-corrected chi connectivity index (χ2v) is 4.01. The Balaban J connectivity index is 2.70. The van der Waals surface area contributed by atoms with Gasteiger partial charge in [0.1, 0.15) is 6.04 Å². The van der Waals surface area contributed by atoms with Crippen LogP contribution in [0.1, 0.15) is 27.2 Å². The van der Waals surface area contributed by atoms with E-state index in [0.29, 0.717) is 0 Å². The lowest BCUT2D eigenvalue weighted by atomic mass is 10.3. The van der Waals surface area contributed by atoms with Gasteiger partial charge in [-0.3, -0.25) is 9.59 Å². The van der Waals surface area contributed by atoms with Gasteiger partial charge < -0.3 is 15.7 Å². The summed E-state index contributed by atoms with van der Waals surface area (Å²) >= 11 is 0.912. The van der Waals surface area contributed by atoms with Crippen LogP contribution in [0.15, 0.2) is 5.38 Å². The van der Waals surface area contributed by atoms with Gasteiger partial charge in [-0.15, -0.1) is 11.3 Å². The Morgan fingerprint density at radius 2 is 2.12 bits per heavy atom. The van der Waals surface area contributed by atoms with Crippen LogP contribution in [0.3, 0.4) is 0 Å². The fourth-order valence-electron chi connectivity index (χ4n) is 1.02. The molecule has 1 rings (SSSR count). The van der Waals surface area contributed by atoms with Crippen LogP contribution in [-0.4, -0.2) is 41.0 Å². The van der Waals surface area contributed by atoms with E-state index in [1.807, 2.05) is 0 Å². The number of carbonyl (C=O) groups excluding carboxylic acids is 2. The van der Waals surface area contributed by atoms with Crippen LogP contribution in [0.25, 0.3) is 0 Å². The maximum Gasteiger partial charge on any atom is 0.355 e. The topological polar surface area (TPSA) is 108 Å². The minimum atomic E-state index is -1.19. The first-order chi connectivity index (χ1) is 7.95. The number of rotatable bonds is 4. The summed E-state index contributed by atoms with van der Waals surface area (Å²) in [6.07, 6.45) is 0. The number of carboxylic acid groups (broad SMARTS) is 1. The quantitative estimate of drug-likeness (QED) is 0.686. The predicted octanol–water partition coefficient (Wildman–Crippen LogP) is -0.294. The van der Waals surface area contributed by atoms with E-state index in [1.54, 1.807) is 0 Å². The maximum absolute atomic E-state index is 11.6. The van der Waals surface area contributed by atoms with Crippen molar-refractivity contribution in [3.05, 3.63) is 16.1 Å². The Hall–Kier alpha value is -1.96. The lowest BCUT2D eigenvalue weighted by Gasteiger charge is -2.10. The minimum Gasteiger partial charge on any atom is -0.476 e. The lowest BCUT2D eigenvalue weighted by molar-refractivity contribution is -0.122. The highest BCUT2D eigenvalue weighted by molar-refractivity contribution is 7.11. The zero-order valence-electron chi connectivity index (χ0n) is 9.18. The van der Waals surface area contributed by atoms with Crippen molar-refractivity contribution in [1.82, 2.24) is 15.6 Å². The molecule has 7 nitrogen and oxygen atoms in total. The molecule has 8 heteroatoms. The van der Waals surface area contributed by atoms with Crippen molar-refractivity contribution in [3.63, 3.8) is 0 Å². The monoisotopic (exact) mass is 257 g/mol. The third-order valence-electron chi connectivity index (χ3n) is 1.90. The fourth-order valence-corrected chi connectivity index (χ4v) is 1.71. The molecule has 0 aliphatic carbocycles. The first kappa shape index (κ1) is 13.1. The number of aromatic nitrogens is 1. The van der Waals surface area contributed by atoms with Crippen LogP contribution >= 0.6 is 11.3 Å². The first-order valence-electron chi connectivity index (χ1n) is 4.67. The molecule has 0 radical (unpaired) electrons. The molecular weight excluding hydrogens is 246 g/mol. The van der Waals surface area contributed by atoms with E-state index < -0.39 is 17.9 Å². The van der Waals surface area contributed by atoms with Crippen LogP contribution < -0.4 is 10.6 Å². The van der Waals surface area contributed by atoms with Crippen molar-refractivity contribution in [2.75, 3.05) is 7.05 Å². The molecule has 0 aromatic carbocycles. The van der Waals surface area contributed by atoms with Crippen LogP contribution in [0.5, 0.6) is 0 Å². The van der Waals surface area contributed by atoms with Crippen molar-refractivity contribution in [3.8, 4) is 0 Å². The molecule has 92 valence electrons. The molecule has 0 saturated heterocycles. The van der Waals surface area contributed by atoms with E-state index >= 15 is 0 Å². The standard InChI is InChI=1S/C9H11N3O4S/c1-4(6(13)10-2)11-7(14)8-12-5(3-17-8)9(15)16/h3-4H,1-2H3,(H,10,13)(H,11,14)(H,15,16).